The number of aliphatic carboxylic acids is 1. The van der Waals surface area contributed by atoms with Crippen molar-refractivity contribution < 1.29 is 49.4 Å². The van der Waals surface area contributed by atoms with E-state index >= 15 is 0 Å². The molecule has 2 aromatic rings. The highest BCUT2D eigenvalue weighted by molar-refractivity contribution is 5.79. The number of nitrogens with one attached hydrogen (secondary N) is 2. The highest BCUT2D eigenvalue weighted by Crippen LogP contribution is 2.33. The average molecular weight is 550 g/mol. The van der Waals surface area contributed by atoms with E-state index in [1.807, 2.05) is 30.3 Å². The van der Waals surface area contributed by atoms with Crippen molar-refractivity contribution in [3.8, 4) is 0 Å². The smallest absolute Gasteiger partial charge is 0.364 e. The number of unbranched alkanes of at least 4 members (excludes halogenated alkanes) is 1. The number of carbonyl (C=O) groups is 3. The standard InChI is InChI=1S/C26H35N3O10/c1-15(31)29-22-19(32)12-26(25(36)37,39-24(22)23(35)20(33)14-30)38-10-3-2-6-21(34)28-13-16-7-8-18-17(11-16)5-4-9-27-18/h4-5,7-9,11,19-20,22-24,30,32-33,35H,2-3,6,10,12-14H2,1H3,(H,28,34)(H,29,31)(H,36,37)/t19-,20+,22+,23+,24+,26+/m0/s1. The number of aliphatic hydroxyl groups is 4. The molecule has 39 heavy (non-hydrogen) atoms. The highest BCUT2D eigenvalue weighted by Gasteiger charge is 2.55. The van der Waals surface area contributed by atoms with E-state index in [9.17, 15) is 39.9 Å². The second-order valence-corrected chi connectivity index (χ2v) is 9.49. The van der Waals surface area contributed by atoms with Gasteiger partial charge in [-0.05, 0) is 36.6 Å². The topological polar surface area (TPSA) is 208 Å². The summed E-state index contributed by atoms with van der Waals surface area (Å²) in [4.78, 5) is 40.2. The molecule has 1 aliphatic rings. The van der Waals surface area contributed by atoms with Crippen LogP contribution in [0.1, 0.15) is 38.2 Å². The number of pyridine rings is 1. The van der Waals surface area contributed by atoms with Gasteiger partial charge >= 0.3 is 5.97 Å². The Balaban J connectivity index is 1.52. The summed E-state index contributed by atoms with van der Waals surface area (Å²) in [6.07, 6.45) is -4.74. The fraction of sp³-hybridized carbons (Fsp3) is 0.538. The molecule has 0 unspecified atom stereocenters. The first kappa shape index (κ1) is 30.3. The lowest BCUT2D eigenvalue weighted by Crippen LogP contribution is -2.67. The van der Waals surface area contributed by atoms with Crippen molar-refractivity contribution in [2.45, 2.75) is 75.4 Å². The second kappa shape index (κ2) is 13.7. The Bertz CT molecular complexity index is 1150. The zero-order chi connectivity index (χ0) is 28.6. The lowest BCUT2D eigenvalue weighted by Gasteiger charge is -2.46. The quantitative estimate of drug-likeness (QED) is 0.154. The molecule has 0 bridgehead atoms. The van der Waals surface area contributed by atoms with Crippen molar-refractivity contribution in [2.24, 2.45) is 0 Å². The van der Waals surface area contributed by atoms with E-state index in [0.29, 0.717) is 13.0 Å². The molecule has 13 heteroatoms. The van der Waals surface area contributed by atoms with Gasteiger partial charge in [0.15, 0.2) is 0 Å². The molecule has 0 saturated carbocycles. The molecule has 3 rings (SSSR count). The number of rotatable bonds is 13. The molecule has 1 aliphatic heterocycles. The SMILES string of the molecule is CC(=O)N[C@H]1[C@H]([C@H](O)[C@H](O)CO)O[C@@](OCCCCC(=O)NCc2ccc3ncccc3c2)(C(=O)O)C[C@@H]1O. The summed E-state index contributed by atoms with van der Waals surface area (Å²) < 4.78 is 11.1. The van der Waals surface area contributed by atoms with Gasteiger partial charge in [-0.25, -0.2) is 4.79 Å². The van der Waals surface area contributed by atoms with Gasteiger partial charge in [-0.15, -0.1) is 0 Å². The largest absolute Gasteiger partial charge is 0.477 e. The maximum absolute atomic E-state index is 12.3. The van der Waals surface area contributed by atoms with Crippen LogP contribution >= 0.6 is 0 Å². The minimum Gasteiger partial charge on any atom is -0.477 e. The molecule has 1 fully saturated rings. The lowest BCUT2D eigenvalue weighted by atomic mass is 9.88. The third-order valence-electron chi connectivity index (χ3n) is 6.48. The predicted octanol–water partition coefficient (Wildman–Crippen LogP) is -0.813. The van der Waals surface area contributed by atoms with E-state index in [0.717, 1.165) is 23.4 Å². The first-order chi connectivity index (χ1) is 18.6. The first-order valence-electron chi connectivity index (χ1n) is 12.6. The number of ether oxygens (including phenoxy) is 2. The summed E-state index contributed by atoms with van der Waals surface area (Å²) in [5, 5.41) is 56.1. The van der Waals surface area contributed by atoms with Crippen LogP contribution in [0.25, 0.3) is 10.9 Å². The van der Waals surface area contributed by atoms with Crippen molar-refractivity contribution in [3.63, 3.8) is 0 Å². The Morgan fingerprint density at radius 3 is 2.69 bits per heavy atom. The molecule has 6 atom stereocenters. The van der Waals surface area contributed by atoms with Crippen LogP contribution in [0.3, 0.4) is 0 Å². The second-order valence-electron chi connectivity index (χ2n) is 9.49. The molecule has 13 nitrogen and oxygen atoms in total. The maximum atomic E-state index is 12.3. The van der Waals surface area contributed by atoms with Crippen molar-refractivity contribution in [3.05, 3.63) is 42.1 Å². The van der Waals surface area contributed by atoms with Gasteiger partial charge < -0.3 is 45.6 Å². The van der Waals surface area contributed by atoms with E-state index in [1.54, 1.807) is 6.20 Å². The maximum Gasteiger partial charge on any atom is 0.364 e. The Labute approximate surface area is 224 Å². The van der Waals surface area contributed by atoms with Crippen LogP contribution in [0.4, 0.5) is 0 Å². The Morgan fingerprint density at radius 1 is 1.23 bits per heavy atom. The van der Waals surface area contributed by atoms with Crippen LogP contribution in [0.2, 0.25) is 0 Å². The van der Waals surface area contributed by atoms with Gasteiger partial charge in [0.2, 0.25) is 11.8 Å². The highest BCUT2D eigenvalue weighted by atomic mass is 16.7. The molecular weight excluding hydrogens is 514 g/mol. The van der Waals surface area contributed by atoms with Gasteiger partial charge in [-0.1, -0.05) is 12.1 Å². The van der Waals surface area contributed by atoms with E-state index in [-0.39, 0.29) is 25.4 Å². The fourth-order valence-corrected chi connectivity index (χ4v) is 4.43. The number of carboxylic acids is 1. The third-order valence-corrected chi connectivity index (χ3v) is 6.48. The molecule has 214 valence electrons. The van der Waals surface area contributed by atoms with Crippen LogP contribution in [-0.4, -0.2) is 97.8 Å². The molecular formula is C26H35N3O10. The van der Waals surface area contributed by atoms with Gasteiger partial charge in [0.25, 0.3) is 5.79 Å². The number of benzene rings is 1. The van der Waals surface area contributed by atoms with Gasteiger partial charge in [0, 0.05) is 37.9 Å². The fourth-order valence-electron chi connectivity index (χ4n) is 4.43. The first-order valence-corrected chi connectivity index (χ1v) is 12.6. The van der Waals surface area contributed by atoms with Crippen molar-refractivity contribution in [1.82, 2.24) is 15.6 Å². The van der Waals surface area contributed by atoms with E-state index in [1.165, 1.54) is 0 Å². The van der Waals surface area contributed by atoms with Gasteiger partial charge in [-0.3, -0.25) is 14.6 Å². The van der Waals surface area contributed by atoms with Gasteiger partial charge in [0.05, 0.1) is 30.9 Å². The summed E-state index contributed by atoms with van der Waals surface area (Å²) >= 11 is 0. The summed E-state index contributed by atoms with van der Waals surface area (Å²) in [7, 11) is 0. The minimum atomic E-state index is -2.39. The number of hydrogen-bond donors (Lipinski definition) is 7. The Kier molecular flexibility index (Phi) is 10.7. The zero-order valence-corrected chi connectivity index (χ0v) is 21.5. The number of nitrogens with zero attached hydrogens (tertiary/aromatic N) is 1. The number of amides is 2. The van der Waals surface area contributed by atoms with Crippen LogP contribution < -0.4 is 10.6 Å². The van der Waals surface area contributed by atoms with Crippen LogP contribution in [0.5, 0.6) is 0 Å². The molecule has 1 aromatic carbocycles. The van der Waals surface area contributed by atoms with Crippen LogP contribution in [-0.2, 0) is 30.4 Å². The summed E-state index contributed by atoms with van der Waals surface area (Å²) in [5.41, 5.74) is 1.78. The molecule has 2 amide bonds. The summed E-state index contributed by atoms with van der Waals surface area (Å²) in [6.45, 7) is 0.474. The van der Waals surface area contributed by atoms with Gasteiger partial charge in [0.1, 0.15) is 18.3 Å². The van der Waals surface area contributed by atoms with E-state index < -0.39 is 61.1 Å². The normalized spacial score (nSPS) is 24.6. The van der Waals surface area contributed by atoms with Crippen molar-refractivity contribution in [2.75, 3.05) is 13.2 Å². The molecule has 1 saturated heterocycles. The molecule has 1 aromatic heterocycles. The number of aliphatic hydroxyl groups excluding tert-OH is 4. The number of carboxylic acid groups (broad SMARTS) is 1. The van der Waals surface area contributed by atoms with Crippen molar-refractivity contribution in [1.29, 1.82) is 0 Å². The number of aromatic nitrogens is 1. The molecule has 7 N–H and O–H groups in total. The molecule has 2 heterocycles. The van der Waals surface area contributed by atoms with Crippen LogP contribution in [0, 0.1) is 0 Å². The molecule has 0 spiro atoms. The molecule has 0 radical (unpaired) electrons. The summed E-state index contributed by atoms with van der Waals surface area (Å²) in [5.74, 6) is -4.75. The average Bonchev–Trinajstić information content (AvgIpc) is 2.91. The molecule has 0 aliphatic carbocycles. The van der Waals surface area contributed by atoms with Gasteiger partial charge in [-0.2, -0.15) is 0 Å². The number of carbonyl (C=O) groups excluding carboxylic acids is 2. The number of fused-ring (bicyclic) bond motifs is 1. The predicted molar refractivity (Wildman–Crippen MR) is 136 cm³/mol. The number of hydrogen-bond acceptors (Lipinski definition) is 10. The lowest BCUT2D eigenvalue weighted by molar-refractivity contribution is -0.311. The van der Waals surface area contributed by atoms with Crippen LogP contribution in [0.15, 0.2) is 36.5 Å². The summed E-state index contributed by atoms with van der Waals surface area (Å²) in [6, 6.07) is 8.21. The minimum absolute atomic E-state index is 0.153. The Morgan fingerprint density at radius 2 is 2.00 bits per heavy atom. The van der Waals surface area contributed by atoms with E-state index in [2.05, 4.69) is 15.6 Å². The third kappa shape index (κ3) is 7.91. The van der Waals surface area contributed by atoms with E-state index in [4.69, 9.17) is 9.47 Å². The van der Waals surface area contributed by atoms with Crippen molar-refractivity contribution >= 4 is 28.7 Å². The Hall–Kier alpha value is -3.20. The zero-order valence-electron chi connectivity index (χ0n) is 21.5. The monoisotopic (exact) mass is 549 g/mol.